The number of nitrogens with one attached hydrogen (secondary N) is 1. The Morgan fingerprint density at radius 1 is 1.40 bits per heavy atom. The quantitative estimate of drug-likeness (QED) is 0.815. The van der Waals surface area contributed by atoms with Crippen LogP contribution in [0.25, 0.3) is 0 Å². The predicted octanol–water partition coefficient (Wildman–Crippen LogP) is 1.87. The van der Waals surface area contributed by atoms with Crippen LogP contribution in [0.5, 0.6) is 0 Å². The van der Waals surface area contributed by atoms with Gasteiger partial charge in [0.15, 0.2) is 0 Å². The van der Waals surface area contributed by atoms with Gasteiger partial charge in [0, 0.05) is 28.9 Å². The van der Waals surface area contributed by atoms with Crippen LogP contribution in [-0.2, 0) is 15.6 Å². The summed E-state index contributed by atoms with van der Waals surface area (Å²) in [5, 5.41) is 3.70. The molecule has 0 spiro atoms. The second kappa shape index (κ2) is 7.03. The zero-order valence-corrected chi connectivity index (χ0v) is 13.7. The van der Waals surface area contributed by atoms with Crippen molar-refractivity contribution in [3.8, 4) is 0 Å². The van der Waals surface area contributed by atoms with E-state index in [1.54, 1.807) is 6.26 Å². The molecular weight excluding hydrogens is 272 g/mol. The van der Waals surface area contributed by atoms with Gasteiger partial charge in [-0.25, -0.2) is 0 Å². The summed E-state index contributed by atoms with van der Waals surface area (Å²) < 4.78 is 11.5. The summed E-state index contributed by atoms with van der Waals surface area (Å²) in [5.74, 6) is 0.858. The third kappa shape index (κ3) is 3.42. The van der Waals surface area contributed by atoms with Gasteiger partial charge in [-0.3, -0.25) is 14.3 Å². The molecular formula is C15H28N2O2S. The fourth-order valence-electron chi connectivity index (χ4n) is 3.40. The van der Waals surface area contributed by atoms with Gasteiger partial charge in [-0.15, -0.1) is 0 Å². The highest BCUT2D eigenvalue weighted by Gasteiger charge is 2.42. The summed E-state index contributed by atoms with van der Waals surface area (Å²) >= 11 is 0. The Kier molecular flexibility index (Phi) is 5.61. The smallest absolute Gasteiger partial charge is 0.241 e. The minimum Gasteiger partial charge on any atom is -0.325 e. The molecule has 0 aromatic carbocycles. The number of rotatable bonds is 6. The van der Waals surface area contributed by atoms with Crippen molar-refractivity contribution in [3.05, 3.63) is 0 Å². The molecule has 20 heavy (non-hydrogen) atoms. The van der Waals surface area contributed by atoms with Crippen LogP contribution in [0.1, 0.15) is 52.4 Å². The summed E-state index contributed by atoms with van der Waals surface area (Å²) in [7, 11) is -0.804. The van der Waals surface area contributed by atoms with Gasteiger partial charge in [0.25, 0.3) is 0 Å². The lowest BCUT2D eigenvalue weighted by molar-refractivity contribution is -0.130. The minimum absolute atomic E-state index is 0.0111. The summed E-state index contributed by atoms with van der Waals surface area (Å²) in [6.07, 6.45) is 8.68. The van der Waals surface area contributed by atoms with Crippen molar-refractivity contribution in [2.45, 2.75) is 69.8 Å². The molecule has 4 unspecified atom stereocenters. The highest BCUT2D eigenvalue weighted by Crippen LogP contribution is 2.32. The van der Waals surface area contributed by atoms with Gasteiger partial charge in [0.2, 0.25) is 5.91 Å². The Hall–Kier alpha value is -0.420. The number of nitrogens with zero attached hydrogens (tertiary/aromatic N) is 1. The third-order valence-electron chi connectivity index (χ3n) is 4.89. The van der Waals surface area contributed by atoms with Crippen LogP contribution >= 0.6 is 0 Å². The van der Waals surface area contributed by atoms with Gasteiger partial charge >= 0.3 is 0 Å². The van der Waals surface area contributed by atoms with E-state index in [0.29, 0.717) is 5.92 Å². The molecule has 4 nitrogen and oxygen atoms in total. The highest BCUT2D eigenvalue weighted by molar-refractivity contribution is 7.84. The van der Waals surface area contributed by atoms with Crippen molar-refractivity contribution in [1.29, 1.82) is 0 Å². The van der Waals surface area contributed by atoms with E-state index >= 15 is 0 Å². The molecule has 1 heterocycles. The second-order valence-corrected chi connectivity index (χ2v) is 8.05. The fraction of sp³-hybridized carbons (Fsp3) is 0.933. The topological polar surface area (TPSA) is 49.4 Å². The van der Waals surface area contributed by atoms with E-state index < -0.39 is 10.8 Å². The first-order valence-electron chi connectivity index (χ1n) is 7.93. The normalized spacial score (nSPS) is 30.9. The summed E-state index contributed by atoms with van der Waals surface area (Å²) in [6, 6.07) is -0.0111. The van der Waals surface area contributed by atoms with E-state index in [1.165, 1.54) is 25.7 Å². The maximum atomic E-state index is 12.5. The van der Waals surface area contributed by atoms with Gasteiger partial charge in [-0.1, -0.05) is 26.7 Å². The zero-order valence-electron chi connectivity index (χ0n) is 12.9. The van der Waals surface area contributed by atoms with Crippen molar-refractivity contribution in [3.63, 3.8) is 0 Å². The van der Waals surface area contributed by atoms with Crippen LogP contribution in [0.2, 0.25) is 0 Å². The SMILES string of the molecule is CCC1NC(C2CCCC2)N(CCC(C)S(C)=O)C1=O. The van der Waals surface area contributed by atoms with Crippen molar-refractivity contribution in [1.82, 2.24) is 10.2 Å². The maximum absolute atomic E-state index is 12.5. The van der Waals surface area contributed by atoms with E-state index in [1.807, 2.05) is 11.8 Å². The predicted molar refractivity (Wildman–Crippen MR) is 82.8 cm³/mol. The molecule has 116 valence electrons. The van der Waals surface area contributed by atoms with E-state index in [9.17, 15) is 9.00 Å². The van der Waals surface area contributed by atoms with Crippen LogP contribution in [0.4, 0.5) is 0 Å². The Balaban J connectivity index is 2.00. The maximum Gasteiger partial charge on any atom is 0.241 e. The Bertz CT molecular complexity index is 369. The van der Waals surface area contributed by atoms with Crippen LogP contribution in [0.3, 0.4) is 0 Å². The largest absolute Gasteiger partial charge is 0.325 e. The first kappa shape index (κ1) is 16.0. The monoisotopic (exact) mass is 300 g/mol. The van der Waals surface area contributed by atoms with Gasteiger partial charge < -0.3 is 4.90 Å². The van der Waals surface area contributed by atoms with Crippen molar-refractivity contribution < 1.29 is 9.00 Å². The Morgan fingerprint density at radius 3 is 2.60 bits per heavy atom. The van der Waals surface area contributed by atoms with Crippen LogP contribution in [-0.4, -0.2) is 45.3 Å². The number of carbonyl (C=O) groups is 1. The minimum atomic E-state index is -0.804. The average molecular weight is 300 g/mol. The molecule has 2 rings (SSSR count). The fourth-order valence-corrected chi connectivity index (χ4v) is 3.83. The Morgan fingerprint density at radius 2 is 2.05 bits per heavy atom. The van der Waals surface area contributed by atoms with E-state index in [-0.39, 0.29) is 23.4 Å². The lowest BCUT2D eigenvalue weighted by Crippen LogP contribution is -2.43. The van der Waals surface area contributed by atoms with E-state index in [4.69, 9.17) is 0 Å². The molecule has 1 saturated carbocycles. The summed E-state index contributed by atoms with van der Waals surface area (Å²) in [6.45, 7) is 4.81. The number of carbonyl (C=O) groups excluding carboxylic acids is 1. The molecule has 0 aromatic rings. The van der Waals surface area contributed by atoms with Crippen molar-refractivity contribution in [2.75, 3.05) is 12.8 Å². The molecule has 1 saturated heterocycles. The highest BCUT2D eigenvalue weighted by atomic mass is 32.2. The van der Waals surface area contributed by atoms with Crippen LogP contribution in [0.15, 0.2) is 0 Å². The molecule has 0 bridgehead atoms. The molecule has 4 atom stereocenters. The molecule has 1 N–H and O–H groups in total. The zero-order chi connectivity index (χ0) is 14.7. The van der Waals surface area contributed by atoms with Gasteiger partial charge in [-0.05, 0) is 31.6 Å². The van der Waals surface area contributed by atoms with E-state index in [0.717, 1.165) is 19.4 Å². The lowest BCUT2D eigenvalue weighted by atomic mass is 10.0. The standard InChI is InChI=1S/C15H28N2O2S/c1-4-13-15(18)17(10-9-11(2)20(3)19)14(16-13)12-7-5-6-8-12/h11-14,16H,4-10H2,1-3H3. The molecule has 1 aliphatic heterocycles. The molecule has 5 heteroatoms. The lowest BCUT2D eigenvalue weighted by Gasteiger charge is -2.29. The van der Waals surface area contributed by atoms with Crippen LogP contribution < -0.4 is 5.32 Å². The Labute approximate surface area is 125 Å². The molecule has 1 aliphatic carbocycles. The molecule has 1 amide bonds. The molecule has 2 fully saturated rings. The van der Waals surface area contributed by atoms with Gasteiger partial charge in [0.1, 0.15) is 0 Å². The summed E-state index contributed by atoms with van der Waals surface area (Å²) in [5.41, 5.74) is 0. The number of hydrogen-bond donors (Lipinski definition) is 1. The number of hydrogen-bond acceptors (Lipinski definition) is 3. The second-order valence-electron chi connectivity index (χ2n) is 6.25. The molecule has 0 aromatic heterocycles. The molecule has 2 aliphatic rings. The summed E-state index contributed by atoms with van der Waals surface area (Å²) in [4.78, 5) is 14.5. The van der Waals surface area contributed by atoms with Gasteiger partial charge in [0.05, 0.1) is 12.2 Å². The van der Waals surface area contributed by atoms with Crippen LogP contribution in [0, 0.1) is 5.92 Å². The first-order valence-corrected chi connectivity index (χ1v) is 9.55. The third-order valence-corrected chi connectivity index (χ3v) is 6.26. The average Bonchev–Trinajstić information content (AvgIpc) is 3.03. The molecule has 0 radical (unpaired) electrons. The number of amides is 1. The van der Waals surface area contributed by atoms with E-state index in [2.05, 4.69) is 12.2 Å². The van der Waals surface area contributed by atoms with Crippen molar-refractivity contribution >= 4 is 16.7 Å². The van der Waals surface area contributed by atoms with Gasteiger partial charge in [-0.2, -0.15) is 0 Å². The van der Waals surface area contributed by atoms with Crippen molar-refractivity contribution in [2.24, 2.45) is 5.92 Å². The first-order chi connectivity index (χ1) is 9.54.